The zero-order chi connectivity index (χ0) is 18.0. The second-order valence-corrected chi connectivity index (χ2v) is 10.8. The van der Waals surface area contributed by atoms with Crippen LogP contribution in [0.2, 0.25) is 0 Å². The van der Waals surface area contributed by atoms with Crippen molar-refractivity contribution in [3.05, 3.63) is 22.3 Å². The molecule has 0 aliphatic heterocycles. The van der Waals surface area contributed by atoms with Crippen LogP contribution in [0.3, 0.4) is 0 Å². The highest BCUT2D eigenvalue weighted by Crippen LogP contribution is 2.86. The Morgan fingerprint density at radius 2 is 1.00 bits per heavy atom. The van der Waals surface area contributed by atoms with Crippen molar-refractivity contribution in [1.82, 2.24) is 0 Å². The lowest BCUT2D eigenvalue weighted by Gasteiger charge is -2.68. The smallest absolute Gasteiger partial charge is 0.00314 e. The van der Waals surface area contributed by atoms with Crippen LogP contribution in [-0.2, 0) is 0 Å². The van der Waals surface area contributed by atoms with Crippen LogP contribution in [0.5, 0.6) is 0 Å². The molecular formula is C23H38. The van der Waals surface area contributed by atoms with Crippen LogP contribution in [0.4, 0.5) is 0 Å². The van der Waals surface area contributed by atoms with Crippen LogP contribution in [0.25, 0.3) is 0 Å². The summed E-state index contributed by atoms with van der Waals surface area (Å²) in [6.45, 7) is 30.3. The maximum Gasteiger partial charge on any atom is 0.00314 e. The van der Waals surface area contributed by atoms with Gasteiger partial charge in [0.15, 0.2) is 0 Å². The predicted molar refractivity (Wildman–Crippen MR) is 101 cm³/mol. The Morgan fingerprint density at radius 1 is 0.565 bits per heavy atom. The van der Waals surface area contributed by atoms with E-state index in [4.69, 9.17) is 0 Å². The molecule has 23 heavy (non-hydrogen) atoms. The van der Waals surface area contributed by atoms with E-state index in [0.29, 0.717) is 5.41 Å². The lowest BCUT2D eigenvalue weighted by molar-refractivity contribution is -0.108. The summed E-state index contributed by atoms with van der Waals surface area (Å²) in [5.74, 6) is 0. The summed E-state index contributed by atoms with van der Waals surface area (Å²) in [6.07, 6.45) is 1.31. The molecule has 130 valence electrons. The van der Waals surface area contributed by atoms with Crippen LogP contribution in [-0.4, -0.2) is 0 Å². The van der Waals surface area contributed by atoms with Gasteiger partial charge in [-0.2, -0.15) is 0 Å². The van der Waals surface area contributed by atoms with Crippen LogP contribution in [0, 0.1) is 32.5 Å². The van der Waals surface area contributed by atoms with E-state index in [0.717, 1.165) is 0 Å². The first kappa shape index (κ1) is 17.3. The van der Waals surface area contributed by atoms with E-state index in [-0.39, 0.29) is 27.1 Å². The fraction of sp³-hybridized carbons (Fsp3) is 0.826. The summed E-state index contributed by atoms with van der Waals surface area (Å²) in [5.41, 5.74) is 8.11. The molecule has 3 rings (SSSR count). The molecule has 0 saturated heterocycles. The third-order valence-corrected chi connectivity index (χ3v) is 11.2. The number of rotatable bonds is 0. The molecule has 0 nitrogen and oxygen atoms in total. The van der Waals surface area contributed by atoms with Gasteiger partial charge in [-0.15, -0.1) is 0 Å². The normalized spacial score (nSPS) is 50.6. The molecule has 0 aromatic rings. The predicted octanol–water partition coefficient (Wildman–Crippen LogP) is 7.17. The second-order valence-electron chi connectivity index (χ2n) is 10.8. The minimum atomic E-state index is 0.188. The molecule has 1 fully saturated rings. The first-order valence-electron chi connectivity index (χ1n) is 9.46. The maximum absolute atomic E-state index is 2.61. The SMILES string of the molecule is CC1=C(C)C2(C)CC3(C)C(C)(C)C2(C)C(C)=C(C)C3(C)C1(C)C. The third kappa shape index (κ3) is 1.20. The molecule has 0 amide bonds. The molecular weight excluding hydrogens is 276 g/mol. The van der Waals surface area contributed by atoms with Crippen molar-refractivity contribution in [2.24, 2.45) is 32.5 Å². The number of hydrogen-bond donors (Lipinski definition) is 0. The lowest BCUT2D eigenvalue weighted by Crippen LogP contribution is -2.61. The molecule has 0 spiro atoms. The molecule has 4 unspecified atom stereocenters. The van der Waals surface area contributed by atoms with Crippen molar-refractivity contribution in [3.8, 4) is 0 Å². The van der Waals surface area contributed by atoms with Crippen molar-refractivity contribution in [2.45, 2.75) is 89.5 Å². The van der Waals surface area contributed by atoms with Gasteiger partial charge in [0, 0.05) is 10.8 Å². The van der Waals surface area contributed by atoms with E-state index < -0.39 is 0 Å². The molecule has 3 aliphatic rings. The Bertz CT molecular complexity index is 666. The first-order valence-corrected chi connectivity index (χ1v) is 9.46. The van der Waals surface area contributed by atoms with Crippen molar-refractivity contribution in [2.75, 3.05) is 0 Å². The molecule has 0 radical (unpaired) electrons. The highest BCUT2D eigenvalue weighted by atomic mass is 14.8. The summed E-state index contributed by atoms with van der Waals surface area (Å²) in [5, 5.41) is 0. The fourth-order valence-corrected chi connectivity index (χ4v) is 8.12. The number of fused-ring (bicyclic) bond motifs is 3. The van der Waals surface area contributed by atoms with Crippen LogP contribution in [0.1, 0.15) is 89.5 Å². The van der Waals surface area contributed by atoms with Gasteiger partial charge in [-0.1, -0.05) is 77.7 Å². The van der Waals surface area contributed by atoms with E-state index in [1.165, 1.54) is 6.42 Å². The largest absolute Gasteiger partial charge is 0.0673 e. The van der Waals surface area contributed by atoms with Gasteiger partial charge in [0.1, 0.15) is 0 Å². The molecule has 3 aliphatic carbocycles. The van der Waals surface area contributed by atoms with Gasteiger partial charge >= 0.3 is 0 Å². The Labute approximate surface area is 144 Å². The Kier molecular flexibility index (Phi) is 2.88. The topological polar surface area (TPSA) is 0 Å². The van der Waals surface area contributed by atoms with Crippen LogP contribution in [0.15, 0.2) is 22.3 Å². The Hall–Kier alpha value is -0.520. The van der Waals surface area contributed by atoms with Crippen molar-refractivity contribution >= 4 is 0 Å². The summed E-state index contributed by atoms with van der Waals surface area (Å²) in [6, 6.07) is 0. The van der Waals surface area contributed by atoms with Crippen LogP contribution >= 0.6 is 0 Å². The minimum absolute atomic E-state index is 0.188. The van der Waals surface area contributed by atoms with E-state index in [9.17, 15) is 0 Å². The van der Waals surface area contributed by atoms with E-state index in [2.05, 4.69) is 83.1 Å². The van der Waals surface area contributed by atoms with Crippen molar-refractivity contribution in [1.29, 1.82) is 0 Å². The van der Waals surface area contributed by atoms with Gasteiger partial charge in [-0.3, -0.25) is 0 Å². The van der Waals surface area contributed by atoms with Gasteiger partial charge in [0.25, 0.3) is 0 Å². The molecule has 0 heteroatoms. The summed E-state index contributed by atoms with van der Waals surface area (Å²) in [7, 11) is 0. The second kappa shape index (κ2) is 3.83. The van der Waals surface area contributed by atoms with Crippen LogP contribution < -0.4 is 0 Å². The molecule has 0 N–H and O–H groups in total. The fourth-order valence-electron chi connectivity index (χ4n) is 8.12. The average Bonchev–Trinajstić information content (AvgIpc) is 2.54. The number of allylic oxidation sites excluding steroid dienone is 4. The molecule has 3 bridgehead atoms. The minimum Gasteiger partial charge on any atom is -0.0673 e. The molecule has 4 atom stereocenters. The highest BCUT2D eigenvalue weighted by Gasteiger charge is 2.79. The molecule has 0 heterocycles. The summed E-state index contributed by atoms with van der Waals surface area (Å²) >= 11 is 0. The molecule has 1 saturated carbocycles. The maximum atomic E-state index is 2.61. The van der Waals surface area contributed by atoms with Crippen molar-refractivity contribution < 1.29 is 0 Å². The summed E-state index contributed by atoms with van der Waals surface area (Å²) in [4.78, 5) is 0. The number of hydrogen-bond acceptors (Lipinski definition) is 0. The van der Waals surface area contributed by atoms with Gasteiger partial charge in [-0.05, 0) is 55.8 Å². The van der Waals surface area contributed by atoms with Gasteiger partial charge in [-0.25, -0.2) is 0 Å². The monoisotopic (exact) mass is 314 g/mol. The van der Waals surface area contributed by atoms with Gasteiger partial charge < -0.3 is 0 Å². The molecule has 0 aromatic carbocycles. The summed E-state index contributed by atoms with van der Waals surface area (Å²) < 4.78 is 0. The van der Waals surface area contributed by atoms with E-state index in [1.807, 2.05) is 0 Å². The zero-order valence-electron chi connectivity index (χ0n) is 17.7. The first-order chi connectivity index (χ1) is 10.1. The standard InChI is InChI=1S/C23H38/c1-14-15(2)20(9)13-21(10)19(7,8)23(20,12)17(4)16(3)22(21,11)18(14,5)6/h13H2,1-12H3. The van der Waals surface area contributed by atoms with Gasteiger partial charge in [0.05, 0.1) is 0 Å². The quantitative estimate of drug-likeness (QED) is 0.416. The van der Waals surface area contributed by atoms with E-state index >= 15 is 0 Å². The van der Waals surface area contributed by atoms with Gasteiger partial charge in [0.2, 0.25) is 0 Å². The average molecular weight is 315 g/mol. The Balaban J connectivity index is 2.63. The molecule has 0 aromatic heterocycles. The third-order valence-electron chi connectivity index (χ3n) is 11.2. The Morgan fingerprint density at radius 3 is 1.48 bits per heavy atom. The highest BCUT2D eigenvalue weighted by molar-refractivity contribution is 5.51. The lowest BCUT2D eigenvalue weighted by atomic mass is 9.35. The van der Waals surface area contributed by atoms with E-state index in [1.54, 1.807) is 22.3 Å². The zero-order valence-corrected chi connectivity index (χ0v) is 17.7. The van der Waals surface area contributed by atoms with Crippen molar-refractivity contribution in [3.63, 3.8) is 0 Å².